The molecule has 2 aromatic rings. The minimum Gasteiger partial charge on any atom is -0.293 e. The zero-order valence-electron chi connectivity index (χ0n) is 11.5. The first kappa shape index (κ1) is 14.4. The smallest absolute Gasteiger partial charge is 0.181 e. The fraction of sp³-hybridized carbons (Fsp3) is 0.222. The van der Waals surface area contributed by atoms with Crippen LogP contribution in [0.2, 0.25) is 0 Å². The van der Waals surface area contributed by atoms with E-state index >= 15 is 0 Å². The maximum Gasteiger partial charge on any atom is 0.181 e. The summed E-state index contributed by atoms with van der Waals surface area (Å²) in [5.74, 6) is -0.0849. The molecule has 0 saturated heterocycles. The lowest BCUT2D eigenvalue weighted by molar-refractivity contribution is 0.0783. The largest absolute Gasteiger partial charge is 0.293 e. The molecule has 21 heavy (non-hydrogen) atoms. The summed E-state index contributed by atoms with van der Waals surface area (Å²) in [5.41, 5.74) is 0.941. The number of Topliss-reactive ketones (excluding diaryl/α,β-unsaturated/α-hetero) is 2. The van der Waals surface area contributed by atoms with E-state index in [1.807, 2.05) is 42.5 Å². The number of hydrogen-bond acceptors (Lipinski definition) is 2. The third kappa shape index (κ3) is 2.14. The molecule has 2 aromatic carbocycles. The number of fused-ring (bicyclic) bond motifs is 1. The van der Waals surface area contributed by atoms with Crippen molar-refractivity contribution in [1.29, 1.82) is 0 Å². The highest BCUT2D eigenvalue weighted by molar-refractivity contribution is 14.1. The van der Waals surface area contributed by atoms with Crippen molar-refractivity contribution in [2.24, 2.45) is 0 Å². The Balaban J connectivity index is 2.19. The van der Waals surface area contributed by atoms with Gasteiger partial charge in [0.25, 0.3) is 0 Å². The van der Waals surface area contributed by atoms with Crippen LogP contribution in [0.5, 0.6) is 0 Å². The van der Waals surface area contributed by atoms with Gasteiger partial charge in [-0.3, -0.25) is 9.59 Å². The van der Waals surface area contributed by atoms with E-state index in [0.717, 1.165) is 16.4 Å². The Morgan fingerprint density at radius 2 is 1.33 bits per heavy atom. The van der Waals surface area contributed by atoms with Crippen LogP contribution in [-0.2, 0) is 5.41 Å². The normalized spacial score (nSPS) is 16.0. The molecule has 0 amide bonds. The highest BCUT2D eigenvalue weighted by Crippen LogP contribution is 2.43. The van der Waals surface area contributed by atoms with Gasteiger partial charge in [0.15, 0.2) is 11.6 Å². The molecule has 1 aliphatic rings. The molecule has 0 atom stereocenters. The van der Waals surface area contributed by atoms with Crippen LogP contribution in [0.1, 0.15) is 39.1 Å². The van der Waals surface area contributed by atoms with E-state index in [0.29, 0.717) is 17.5 Å². The molecule has 0 spiro atoms. The maximum atomic E-state index is 13.0. The minimum absolute atomic E-state index is 0.0425. The molecule has 0 heterocycles. The molecule has 2 nitrogen and oxygen atoms in total. The van der Waals surface area contributed by atoms with E-state index < -0.39 is 5.41 Å². The van der Waals surface area contributed by atoms with Gasteiger partial charge in [0, 0.05) is 11.1 Å². The van der Waals surface area contributed by atoms with Crippen LogP contribution in [-0.4, -0.2) is 16.0 Å². The predicted molar refractivity (Wildman–Crippen MR) is 91.3 cm³/mol. The van der Waals surface area contributed by atoms with E-state index in [2.05, 4.69) is 22.6 Å². The fourth-order valence-electron chi connectivity index (χ4n) is 3.13. The van der Waals surface area contributed by atoms with Gasteiger partial charge in [0.05, 0.1) is 0 Å². The number of halogens is 1. The monoisotopic (exact) mass is 390 g/mol. The van der Waals surface area contributed by atoms with Crippen molar-refractivity contribution < 1.29 is 9.59 Å². The van der Waals surface area contributed by atoms with Crippen molar-refractivity contribution in [3.63, 3.8) is 0 Å². The molecular weight excluding hydrogens is 375 g/mol. The van der Waals surface area contributed by atoms with Gasteiger partial charge in [-0.2, -0.15) is 0 Å². The Morgan fingerprint density at radius 1 is 0.810 bits per heavy atom. The number of rotatable bonds is 4. The summed E-state index contributed by atoms with van der Waals surface area (Å²) < 4.78 is 0.934. The minimum atomic E-state index is -1.02. The van der Waals surface area contributed by atoms with E-state index in [4.69, 9.17) is 0 Å². The maximum absolute atomic E-state index is 13.0. The van der Waals surface area contributed by atoms with Gasteiger partial charge in [0.2, 0.25) is 0 Å². The summed E-state index contributed by atoms with van der Waals surface area (Å²) in [6, 6.07) is 16.7. The molecule has 0 unspecified atom stereocenters. The molecule has 0 radical (unpaired) electrons. The molecule has 0 saturated carbocycles. The number of carbonyl (C=O) groups excluding carboxylic acids is 2. The molecule has 0 N–H and O–H groups in total. The van der Waals surface area contributed by atoms with Crippen LogP contribution < -0.4 is 0 Å². The van der Waals surface area contributed by atoms with Gasteiger partial charge in [-0.15, -0.1) is 0 Å². The molecule has 106 valence electrons. The van der Waals surface area contributed by atoms with Crippen molar-refractivity contribution in [3.05, 3.63) is 71.3 Å². The average molecular weight is 390 g/mol. The molecule has 0 aliphatic heterocycles. The lowest BCUT2D eigenvalue weighted by atomic mass is 9.73. The van der Waals surface area contributed by atoms with E-state index in [9.17, 15) is 9.59 Å². The Hall–Kier alpha value is -1.49. The number of hydrogen-bond donors (Lipinski definition) is 0. The van der Waals surface area contributed by atoms with E-state index in [-0.39, 0.29) is 11.6 Å². The van der Waals surface area contributed by atoms with E-state index in [1.165, 1.54) is 0 Å². The highest BCUT2D eigenvalue weighted by atomic mass is 127. The van der Waals surface area contributed by atoms with Crippen LogP contribution in [0.3, 0.4) is 0 Å². The summed E-state index contributed by atoms with van der Waals surface area (Å²) in [4.78, 5) is 26.0. The summed E-state index contributed by atoms with van der Waals surface area (Å²) in [6.45, 7) is 0. The molecule has 3 rings (SSSR count). The second kappa shape index (κ2) is 5.72. The summed E-state index contributed by atoms with van der Waals surface area (Å²) in [6.07, 6.45) is 1.42. The van der Waals surface area contributed by atoms with Gasteiger partial charge in [0.1, 0.15) is 5.41 Å². The van der Waals surface area contributed by atoms with Crippen LogP contribution in [0.4, 0.5) is 0 Å². The number of benzene rings is 2. The second-order valence-electron chi connectivity index (χ2n) is 5.27. The Labute approximate surface area is 137 Å². The lowest BCUT2D eigenvalue weighted by Crippen LogP contribution is -2.38. The summed E-state index contributed by atoms with van der Waals surface area (Å²) in [5, 5.41) is 0. The Bertz CT molecular complexity index is 656. The van der Waals surface area contributed by atoms with Gasteiger partial charge < -0.3 is 0 Å². The first-order valence-electron chi connectivity index (χ1n) is 7.02. The van der Waals surface area contributed by atoms with Crippen LogP contribution in [0.15, 0.2) is 54.6 Å². The fourth-order valence-corrected chi connectivity index (χ4v) is 3.51. The molecule has 0 fully saturated rings. The summed E-state index contributed by atoms with van der Waals surface area (Å²) >= 11 is 2.29. The van der Waals surface area contributed by atoms with Crippen molar-refractivity contribution in [2.45, 2.75) is 18.3 Å². The number of alkyl halides is 1. The van der Waals surface area contributed by atoms with Gasteiger partial charge in [-0.05, 0) is 22.8 Å². The van der Waals surface area contributed by atoms with Crippen molar-refractivity contribution in [3.8, 4) is 0 Å². The molecule has 1 aliphatic carbocycles. The van der Waals surface area contributed by atoms with Crippen LogP contribution in [0.25, 0.3) is 0 Å². The zero-order valence-corrected chi connectivity index (χ0v) is 13.7. The number of carbonyl (C=O) groups is 2. The topological polar surface area (TPSA) is 34.1 Å². The summed E-state index contributed by atoms with van der Waals surface area (Å²) in [7, 11) is 0. The highest BCUT2D eigenvalue weighted by Gasteiger charge is 2.53. The van der Waals surface area contributed by atoms with E-state index in [1.54, 1.807) is 12.1 Å². The van der Waals surface area contributed by atoms with Crippen molar-refractivity contribution in [2.75, 3.05) is 4.43 Å². The number of ketones is 2. The van der Waals surface area contributed by atoms with Crippen LogP contribution in [0, 0.1) is 0 Å². The standard InChI is InChI=1S/C18H15IO2/c19-12-6-11-18(13-7-2-1-3-8-13)16(20)14-9-4-5-10-15(14)17(18)21/h1-5,7-10H,6,11-12H2. The SMILES string of the molecule is O=C1c2ccccc2C(=O)C1(CCCI)c1ccccc1. The van der Waals surface area contributed by atoms with Crippen molar-refractivity contribution in [1.82, 2.24) is 0 Å². The third-order valence-electron chi connectivity index (χ3n) is 4.14. The van der Waals surface area contributed by atoms with Gasteiger partial charge in [-0.1, -0.05) is 77.2 Å². The van der Waals surface area contributed by atoms with Crippen LogP contribution >= 0.6 is 22.6 Å². The first-order chi connectivity index (χ1) is 10.2. The Kier molecular flexibility index (Phi) is 3.93. The molecule has 0 aromatic heterocycles. The quantitative estimate of drug-likeness (QED) is 0.445. The molecule has 3 heteroatoms. The third-order valence-corrected chi connectivity index (χ3v) is 4.91. The zero-order chi connectivity index (χ0) is 14.9. The van der Waals surface area contributed by atoms with Crippen molar-refractivity contribution >= 4 is 34.2 Å². The molecular formula is C18H15IO2. The Morgan fingerprint density at radius 3 is 1.86 bits per heavy atom. The average Bonchev–Trinajstić information content (AvgIpc) is 2.76. The van der Waals surface area contributed by atoms with Gasteiger partial charge >= 0.3 is 0 Å². The van der Waals surface area contributed by atoms with Gasteiger partial charge in [-0.25, -0.2) is 0 Å². The molecule has 0 bridgehead atoms. The first-order valence-corrected chi connectivity index (χ1v) is 8.54. The predicted octanol–water partition coefficient (Wildman–Crippen LogP) is 4.22. The second-order valence-corrected chi connectivity index (χ2v) is 6.35. The lowest BCUT2D eigenvalue weighted by Gasteiger charge is -2.26.